The molecule has 6 nitrogen and oxygen atoms in total. The maximum atomic E-state index is 13.0. The fourth-order valence-corrected chi connectivity index (χ4v) is 3.74. The molecule has 0 radical (unpaired) electrons. The van der Waals surface area contributed by atoms with Gasteiger partial charge in [0.05, 0.1) is 17.8 Å². The lowest BCUT2D eigenvalue weighted by atomic mass is 9.97. The third kappa shape index (κ3) is 4.31. The Morgan fingerprint density at radius 3 is 2.61 bits per heavy atom. The number of benzene rings is 2. The second kappa shape index (κ2) is 8.02. The summed E-state index contributed by atoms with van der Waals surface area (Å²) in [4.78, 5) is 17.5. The molecule has 1 N–H and O–H groups in total. The largest absolute Gasteiger partial charge is 0.440 e. The molecule has 0 saturated heterocycles. The third-order valence-electron chi connectivity index (χ3n) is 4.86. The molecule has 8 heteroatoms. The summed E-state index contributed by atoms with van der Waals surface area (Å²) < 4.78 is 7.39. The van der Waals surface area contributed by atoms with Gasteiger partial charge in [0.25, 0.3) is 5.91 Å². The first-order chi connectivity index (χ1) is 14.6. The lowest BCUT2D eigenvalue weighted by molar-refractivity contribution is 0.102. The second-order valence-electron chi connectivity index (χ2n) is 8.41. The van der Waals surface area contributed by atoms with Crippen molar-refractivity contribution in [2.45, 2.75) is 39.7 Å². The van der Waals surface area contributed by atoms with Crippen molar-refractivity contribution in [1.82, 2.24) is 14.8 Å². The van der Waals surface area contributed by atoms with Crippen LogP contribution in [-0.4, -0.2) is 20.7 Å². The van der Waals surface area contributed by atoms with E-state index in [1.807, 2.05) is 39.0 Å². The van der Waals surface area contributed by atoms with Gasteiger partial charge in [0, 0.05) is 16.1 Å². The molecule has 2 aromatic carbocycles. The maximum absolute atomic E-state index is 13.0. The first-order valence-electron chi connectivity index (χ1n) is 9.82. The van der Waals surface area contributed by atoms with Crippen LogP contribution >= 0.6 is 23.2 Å². The molecular weight excluding hydrogens is 435 g/mol. The number of oxazole rings is 1. The standard InChI is InChI=1S/C23H22Cl2N4O2/c1-13-19(20(25)29(28-13)12-14-7-5-6-8-16(14)24)21(30)26-15-9-10-18-17(11-15)27-22(31-18)23(2,3)4/h5-11H,12H2,1-4H3,(H,26,30). The van der Waals surface area contributed by atoms with E-state index in [4.69, 9.17) is 27.6 Å². The van der Waals surface area contributed by atoms with Gasteiger partial charge in [-0.25, -0.2) is 9.67 Å². The number of rotatable bonds is 4. The highest BCUT2D eigenvalue weighted by Crippen LogP contribution is 2.28. The van der Waals surface area contributed by atoms with E-state index in [1.165, 1.54) is 0 Å². The summed E-state index contributed by atoms with van der Waals surface area (Å²) in [5.74, 6) is 0.303. The van der Waals surface area contributed by atoms with Gasteiger partial charge >= 0.3 is 0 Å². The number of hydrogen-bond acceptors (Lipinski definition) is 4. The number of carbonyl (C=O) groups excluding carboxylic acids is 1. The minimum atomic E-state index is -0.341. The van der Waals surface area contributed by atoms with E-state index >= 15 is 0 Å². The predicted octanol–water partition coefficient (Wildman–Crippen LogP) is 6.24. The van der Waals surface area contributed by atoms with Crippen LogP contribution in [0, 0.1) is 6.92 Å². The average molecular weight is 457 g/mol. The van der Waals surface area contributed by atoms with Crippen molar-refractivity contribution in [3.05, 3.63) is 75.4 Å². The number of halogens is 2. The van der Waals surface area contributed by atoms with Crippen molar-refractivity contribution in [3.8, 4) is 0 Å². The van der Waals surface area contributed by atoms with Crippen LogP contribution in [0.3, 0.4) is 0 Å². The Bertz CT molecular complexity index is 1280. The van der Waals surface area contributed by atoms with Gasteiger partial charge in [-0.05, 0) is 36.8 Å². The monoisotopic (exact) mass is 456 g/mol. The van der Waals surface area contributed by atoms with Crippen molar-refractivity contribution >= 4 is 45.9 Å². The van der Waals surface area contributed by atoms with Crippen LogP contribution in [0.1, 0.15) is 48.3 Å². The number of fused-ring (bicyclic) bond motifs is 1. The molecule has 0 aliphatic carbocycles. The molecule has 2 heterocycles. The molecule has 2 aromatic heterocycles. The fourth-order valence-electron chi connectivity index (χ4n) is 3.22. The molecule has 160 valence electrons. The molecule has 0 atom stereocenters. The van der Waals surface area contributed by atoms with Gasteiger partial charge < -0.3 is 9.73 Å². The zero-order valence-electron chi connectivity index (χ0n) is 17.7. The molecular formula is C23H22Cl2N4O2. The Hall–Kier alpha value is -2.83. The molecule has 0 spiro atoms. The minimum Gasteiger partial charge on any atom is -0.440 e. The van der Waals surface area contributed by atoms with Crippen molar-refractivity contribution < 1.29 is 9.21 Å². The first kappa shape index (κ1) is 21.4. The topological polar surface area (TPSA) is 73.0 Å². The minimum absolute atomic E-state index is 0.205. The van der Waals surface area contributed by atoms with Gasteiger partial charge in [-0.1, -0.05) is 62.2 Å². The van der Waals surface area contributed by atoms with Crippen molar-refractivity contribution in [2.24, 2.45) is 0 Å². The lowest BCUT2D eigenvalue weighted by Crippen LogP contribution is -2.13. The number of hydrogen-bond donors (Lipinski definition) is 1. The Labute approximate surface area is 190 Å². The highest BCUT2D eigenvalue weighted by atomic mass is 35.5. The van der Waals surface area contributed by atoms with Gasteiger partial charge in [-0.15, -0.1) is 0 Å². The van der Waals surface area contributed by atoms with E-state index in [0.29, 0.717) is 45.5 Å². The van der Waals surface area contributed by atoms with Crippen molar-refractivity contribution in [2.75, 3.05) is 5.32 Å². The van der Waals surface area contributed by atoms with E-state index in [0.717, 1.165) is 5.56 Å². The molecule has 0 aliphatic heterocycles. The number of anilines is 1. The highest BCUT2D eigenvalue weighted by Gasteiger charge is 2.23. The van der Waals surface area contributed by atoms with Crippen molar-refractivity contribution in [3.63, 3.8) is 0 Å². The van der Waals surface area contributed by atoms with Crippen LogP contribution < -0.4 is 5.32 Å². The fraction of sp³-hybridized carbons (Fsp3) is 0.261. The molecule has 1 amide bonds. The van der Waals surface area contributed by atoms with Crippen LogP contribution in [-0.2, 0) is 12.0 Å². The zero-order valence-corrected chi connectivity index (χ0v) is 19.2. The van der Waals surface area contributed by atoms with E-state index in [1.54, 1.807) is 35.9 Å². The van der Waals surface area contributed by atoms with E-state index in [9.17, 15) is 4.79 Å². The molecule has 0 saturated carbocycles. The van der Waals surface area contributed by atoms with Crippen molar-refractivity contribution in [1.29, 1.82) is 0 Å². The number of nitrogens with zero attached hydrogens (tertiary/aromatic N) is 3. The molecule has 0 fully saturated rings. The van der Waals surface area contributed by atoms with Gasteiger partial charge in [0.15, 0.2) is 5.58 Å². The predicted molar refractivity (Wildman–Crippen MR) is 123 cm³/mol. The van der Waals surface area contributed by atoms with Crippen LogP contribution in [0.2, 0.25) is 10.2 Å². The second-order valence-corrected chi connectivity index (χ2v) is 9.17. The number of aryl methyl sites for hydroxylation is 1. The summed E-state index contributed by atoms with van der Waals surface area (Å²) in [5.41, 5.74) is 3.47. The van der Waals surface area contributed by atoms with Gasteiger partial charge in [0.1, 0.15) is 10.7 Å². The summed E-state index contributed by atoms with van der Waals surface area (Å²) in [5, 5.41) is 8.19. The molecule has 4 aromatic rings. The summed E-state index contributed by atoms with van der Waals surface area (Å²) in [6.07, 6.45) is 0. The smallest absolute Gasteiger partial charge is 0.260 e. The number of nitrogens with one attached hydrogen (secondary N) is 1. The lowest BCUT2D eigenvalue weighted by Gasteiger charge is -2.11. The van der Waals surface area contributed by atoms with Crippen LogP contribution in [0.5, 0.6) is 0 Å². The van der Waals surface area contributed by atoms with Crippen LogP contribution in [0.4, 0.5) is 5.69 Å². The highest BCUT2D eigenvalue weighted by molar-refractivity contribution is 6.34. The van der Waals surface area contributed by atoms with E-state index in [-0.39, 0.29) is 16.5 Å². The summed E-state index contributed by atoms with van der Waals surface area (Å²) in [6.45, 7) is 8.22. The molecule has 4 rings (SSSR count). The number of aromatic nitrogens is 3. The normalized spacial score (nSPS) is 11.8. The first-order valence-corrected chi connectivity index (χ1v) is 10.6. The number of amides is 1. The summed E-state index contributed by atoms with van der Waals surface area (Å²) in [7, 11) is 0. The van der Waals surface area contributed by atoms with E-state index < -0.39 is 0 Å². The van der Waals surface area contributed by atoms with Gasteiger partial charge in [0.2, 0.25) is 5.89 Å². The Balaban J connectivity index is 1.59. The van der Waals surface area contributed by atoms with Gasteiger partial charge in [-0.2, -0.15) is 5.10 Å². The zero-order chi connectivity index (χ0) is 22.3. The number of carbonyl (C=O) groups is 1. The quantitative estimate of drug-likeness (QED) is 0.394. The van der Waals surface area contributed by atoms with Crippen LogP contribution in [0.25, 0.3) is 11.1 Å². The SMILES string of the molecule is Cc1nn(Cc2ccccc2Cl)c(Cl)c1C(=O)Nc1ccc2oc(C(C)(C)C)nc2c1. The Kier molecular flexibility index (Phi) is 5.54. The Morgan fingerprint density at radius 1 is 1.16 bits per heavy atom. The third-order valence-corrected chi connectivity index (χ3v) is 5.61. The molecule has 0 unspecified atom stereocenters. The summed E-state index contributed by atoms with van der Waals surface area (Å²) >= 11 is 12.8. The Morgan fingerprint density at radius 2 is 1.90 bits per heavy atom. The van der Waals surface area contributed by atoms with Crippen LogP contribution in [0.15, 0.2) is 46.9 Å². The molecule has 0 aliphatic rings. The average Bonchev–Trinajstić information content (AvgIpc) is 3.24. The molecule has 0 bridgehead atoms. The summed E-state index contributed by atoms with van der Waals surface area (Å²) in [6, 6.07) is 12.8. The maximum Gasteiger partial charge on any atom is 0.260 e. The van der Waals surface area contributed by atoms with Gasteiger partial charge in [-0.3, -0.25) is 4.79 Å². The molecule has 31 heavy (non-hydrogen) atoms. The van der Waals surface area contributed by atoms with E-state index in [2.05, 4.69) is 15.4 Å².